The summed E-state index contributed by atoms with van der Waals surface area (Å²) in [5, 5.41) is 5.87. The topological polar surface area (TPSA) is 60.2 Å². The summed E-state index contributed by atoms with van der Waals surface area (Å²) in [5.41, 5.74) is 5.01. The van der Waals surface area contributed by atoms with E-state index in [2.05, 4.69) is 40.2 Å². The van der Waals surface area contributed by atoms with Gasteiger partial charge in [-0.3, -0.25) is 4.79 Å². The van der Waals surface area contributed by atoms with Gasteiger partial charge in [0.1, 0.15) is 0 Å². The number of benzene rings is 2. The second kappa shape index (κ2) is 7.85. The molecule has 2 aromatic heterocycles. The zero-order valence-electron chi connectivity index (χ0n) is 16.4. The molecule has 0 bridgehead atoms. The Balaban J connectivity index is 1.40. The van der Waals surface area contributed by atoms with Gasteiger partial charge in [-0.05, 0) is 42.5 Å². The van der Waals surface area contributed by atoms with Crippen molar-refractivity contribution in [2.75, 3.05) is 0 Å². The highest BCUT2D eigenvalue weighted by molar-refractivity contribution is 7.98. The van der Waals surface area contributed by atoms with Crippen LogP contribution >= 0.6 is 23.4 Å². The predicted molar refractivity (Wildman–Crippen MR) is 118 cm³/mol. The predicted octanol–water partition coefficient (Wildman–Crippen LogP) is 5.29. The Hall–Kier alpha value is -2.70. The zero-order chi connectivity index (χ0) is 20.7. The Labute approximate surface area is 183 Å². The summed E-state index contributed by atoms with van der Waals surface area (Å²) in [6.07, 6.45) is 3.02. The molecule has 5 nitrogen and oxygen atoms in total. The van der Waals surface area contributed by atoms with Crippen LogP contribution < -0.4 is 0 Å². The number of Topliss-reactive ketones (excluding diaryl/α,β-unsaturated/α-hetero) is 1. The van der Waals surface area contributed by atoms with Gasteiger partial charge in [0, 0.05) is 23.4 Å². The molecule has 150 valence electrons. The fourth-order valence-electron chi connectivity index (χ4n) is 3.81. The van der Waals surface area contributed by atoms with Gasteiger partial charge in [-0.1, -0.05) is 65.3 Å². The minimum Gasteiger partial charge on any atom is -0.294 e. The van der Waals surface area contributed by atoms with Gasteiger partial charge in [0.25, 0.3) is 5.78 Å². The van der Waals surface area contributed by atoms with E-state index in [-0.39, 0.29) is 11.7 Å². The highest BCUT2D eigenvalue weighted by atomic mass is 35.5. The number of ketones is 1. The summed E-state index contributed by atoms with van der Waals surface area (Å²) in [5.74, 6) is 1.54. The molecule has 2 heterocycles. The summed E-state index contributed by atoms with van der Waals surface area (Å²) < 4.78 is 1.62. The maximum Gasteiger partial charge on any atom is 0.253 e. The monoisotopic (exact) mass is 434 g/mol. The summed E-state index contributed by atoms with van der Waals surface area (Å²) in [6, 6.07) is 16.1. The lowest BCUT2D eigenvalue weighted by Crippen LogP contribution is -2.21. The molecular weight excluding hydrogens is 416 g/mol. The fourth-order valence-corrected chi connectivity index (χ4v) is 4.72. The number of rotatable bonds is 4. The third kappa shape index (κ3) is 3.85. The van der Waals surface area contributed by atoms with Gasteiger partial charge < -0.3 is 0 Å². The molecule has 0 radical (unpaired) electrons. The second-order valence-electron chi connectivity index (χ2n) is 7.60. The molecular formula is C23H19ClN4OS. The van der Waals surface area contributed by atoms with Gasteiger partial charge >= 0.3 is 0 Å². The molecule has 1 unspecified atom stereocenters. The van der Waals surface area contributed by atoms with E-state index < -0.39 is 0 Å². The molecule has 30 heavy (non-hydrogen) atoms. The molecule has 2 aromatic carbocycles. The third-order valence-corrected chi connectivity index (χ3v) is 6.52. The van der Waals surface area contributed by atoms with Crippen molar-refractivity contribution in [3.63, 3.8) is 0 Å². The first kappa shape index (κ1) is 19.3. The van der Waals surface area contributed by atoms with Crippen LogP contribution in [0.2, 0.25) is 5.02 Å². The molecule has 0 N–H and O–H groups in total. The average molecular weight is 435 g/mol. The Bertz CT molecular complexity index is 1250. The molecule has 0 saturated heterocycles. The SMILES string of the molecule is Cc1cccc(C2CC(=O)c3cn4nc(SCc5ccc(Cl)cc5)nc4nc3C2)c1. The minimum absolute atomic E-state index is 0.114. The van der Waals surface area contributed by atoms with E-state index in [1.165, 1.54) is 22.9 Å². The van der Waals surface area contributed by atoms with E-state index in [9.17, 15) is 4.79 Å². The van der Waals surface area contributed by atoms with E-state index >= 15 is 0 Å². The minimum atomic E-state index is 0.114. The van der Waals surface area contributed by atoms with Gasteiger partial charge in [0.2, 0.25) is 5.16 Å². The Morgan fingerprint density at radius 3 is 2.77 bits per heavy atom. The van der Waals surface area contributed by atoms with Gasteiger partial charge in [-0.2, -0.15) is 4.98 Å². The quantitative estimate of drug-likeness (QED) is 0.408. The fraction of sp³-hybridized carbons (Fsp3) is 0.217. The summed E-state index contributed by atoms with van der Waals surface area (Å²) in [6.45, 7) is 2.07. The van der Waals surface area contributed by atoms with E-state index in [1.807, 2.05) is 30.3 Å². The van der Waals surface area contributed by atoms with Crippen LogP contribution in [0.1, 0.15) is 45.1 Å². The second-order valence-corrected chi connectivity index (χ2v) is 8.98. The number of aryl methyl sites for hydroxylation is 1. The van der Waals surface area contributed by atoms with Crippen molar-refractivity contribution in [2.24, 2.45) is 0 Å². The molecule has 1 aliphatic rings. The van der Waals surface area contributed by atoms with Crippen LogP contribution in [0.25, 0.3) is 5.78 Å². The van der Waals surface area contributed by atoms with Crippen molar-refractivity contribution in [1.29, 1.82) is 0 Å². The van der Waals surface area contributed by atoms with Crippen molar-refractivity contribution in [3.05, 3.63) is 87.7 Å². The molecule has 0 amide bonds. The van der Waals surface area contributed by atoms with Crippen LogP contribution in [-0.4, -0.2) is 25.4 Å². The number of hydrogen-bond acceptors (Lipinski definition) is 5. The van der Waals surface area contributed by atoms with Crippen LogP contribution in [-0.2, 0) is 12.2 Å². The largest absolute Gasteiger partial charge is 0.294 e. The van der Waals surface area contributed by atoms with E-state index in [0.29, 0.717) is 22.9 Å². The molecule has 5 rings (SSSR count). The number of fused-ring (bicyclic) bond motifs is 2. The van der Waals surface area contributed by atoms with E-state index in [4.69, 9.17) is 11.6 Å². The lowest BCUT2D eigenvalue weighted by molar-refractivity contribution is 0.0962. The first-order chi connectivity index (χ1) is 14.5. The van der Waals surface area contributed by atoms with Crippen LogP contribution in [0.5, 0.6) is 0 Å². The highest BCUT2D eigenvalue weighted by Crippen LogP contribution is 2.32. The van der Waals surface area contributed by atoms with Crippen LogP contribution in [0, 0.1) is 6.92 Å². The van der Waals surface area contributed by atoms with Gasteiger partial charge in [-0.25, -0.2) is 9.50 Å². The smallest absolute Gasteiger partial charge is 0.253 e. The third-order valence-electron chi connectivity index (χ3n) is 5.36. The van der Waals surface area contributed by atoms with Crippen LogP contribution in [0.4, 0.5) is 0 Å². The van der Waals surface area contributed by atoms with Gasteiger partial charge in [0.05, 0.1) is 11.3 Å². The molecule has 4 aromatic rings. The van der Waals surface area contributed by atoms with Crippen molar-refractivity contribution < 1.29 is 4.79 Å². The van der Waals surface area contributed by atoms with Gasteiger partial charge in [-0.15, -0.1) is 5.10 Å². The maximum atomic E-state index is 12.8. The average Bonchev–Trinajstić information content (AvgIpc) is 3.14. The number of carbonyl (C=O) groups is 1. The Kier molecular flexibility index (Phi) is 5.05. The molecule has 0 aliphatic heterocycles. The van der Waals surface area contributed by atoms with Crippen LogP contribution in [0.15, 0.2) is 59.9 Å². The number of carbonyl (C=O) groups excluding carboxylic acids is 1. The normalized spacial score (nSPS) is 16.1. The van der Waals surface area contributed by atoms with Crippen molar-refractivity contribution in [1.82, 2.24) is 19.6 Å². The maximum absolute atomic E-state index is 12.8. The Morgan fingerprint density at radius 2 is 1.97 bits per heavy atom. The number of nitrogens with zero attached hydrogens (tertiary/aromatic N) is 4. The summed E-state index contributed by atoms with van der Waals surface area (Å²) in [7, 11) is 0. The molecule has 0 fully saturated rings. The lowest BCUT2D eigenvalue weighted by atomic mass is 9.82. The van der Waals surface area contributed by atoms with E-state index in [0.717, 1.165) is 28.5 Å². The molecule has 7 heteroatoms. The van der Waals surface area contributed by atoms with Crippen molar-refractivity contribution in [3.8, 4) is 0 Å². The summed E-state index contributed by atoms with van der Waals surface area (Å²) in [4.78, 5) is 22.1. The van der Waals surface area contributed by atoms with Crippen molar-refractivity contribution >= 4 is 34.9 Å². The number of aromatic nitrogens is 4. The first-order valence-corrected chi connectivity index (χ1v) is 11.1. The van der Waals surface area contributed by atoms with Gasteiger partial charge in [0.15, 0.2) is 5.78 Å². The Morgan fingerprint density at radius 1 is 1.13 bits per heavy atom. The van der Waals surface area contributed by atoms with Crippen LogP contribution in [0.3, 0.4) is 0 Å². The molecule has 0 saturated carbocycles. The lowest BCUT2D eigenvalue weighted by Gasteiger charge is -2.23. The molecule has 1 aliphatic carbocycles. The number of thioether (sulfide) groups is 1. The molecule has 1 atom stereocenters. The van der Waals surface area contributed by atoms with Crippen molar-refractivity contribution in [2.45, 2.75) is 36.6 Å². The number of hydrogen-bond donors (Lipinski definition) is 0. The summed E-state index contributed by atoms with van der Waals surface area (Å²) >= 11 is 7.48. The standard InChI is InChI=1S/C23H19ClN4OS/c1-14-3-2-4-16(9-14)17-10-20-19(21(29)11-17)12-28-22(25-20)26-23(27-28)30-13-15-5-7-18(24)8-6-15/h2-9,12,17H,10-11,13H2,1H3. The van der Waals surface area contributed by atoms with E-state index in [1.54, 1.807) is 10.7 Å². The highest BCUT2D eigenvalue weighted by Gasteiger charge is 2.28. The zero-order valence-corrected chi connectivity index (χ0v) is 18.0. The first-order valence-electron chi connectivity index (χ1n) is 9.78. The number of halogens is 1. The molecule has 0 spiro atoms.